The highest BCUT2D eigenvalue weighted by Crippen LogP contribution is 2.32. The van der Waals surface area contributed by atoms with Crippen molar-refractivity contribution in [3.05, 3.63) is 12.2 Å². The van der Waals surface area contributed by atoms with Crippen LogP contribution in [0.25, 0.3) is 0 Å². The third-order valence-electron chi connectivity index (χ3n) is 3.39. The lowest BCUT2D eigenvalue weighted by molar-refractivity contribution is 0.379. The van der Waals surface area contributed by atoms with Crippen LogP contribution in [0.4, 0.5) is 0 Å². The van der Waals surface area contributed by atoms with Crippen LogP contribution >= 0.6 is 11.8 Å². The Morgan fingerprint density at radius 3 is 3.41 bits per heavy atom. The minimum Gasteiger partial charge on any atom is -0.362 e. The summed E-state index contributed by atoms with van der Waals surface area (Å²) in [6.45, 7) is 0.717. The van der Waals surface area contributed by atoms with Crippen LogP contribution in [-0.2, 0) is 6.42 Å². The fourth-order valence-electron chi connectivity index (χ4n) is 2.46. The molecule has 2 fully saturated rings. The summed E-state index contributed by atoms with van der Waals surface area (Å²) in [5, 5.41) is 8.21. The lowest BCUT2D eigenvalue weighted by Gasteiger charge is -2.27. The fourth-order valence-corrected chi connectivity index (χ4v) is 3.65. The van der Waals surface area contributed by atoms with Crippen molar-refractivity contribution in [3.8, 4) is 0 Å². The summed E-state index contributed by atoms with van der Waals surface area (Å²) < 4.78 is 4.93. The van der Waals surface area contributed by atoms with Crippen LogP contribution in [0, 0.1) is 5.92 Å². The lowest BCUT2D eigenvalue weighted by Crippen LogP contribution is -2.41. The molecule has 1 aromatic rings. The molecule has 2 unspecified atom stereocenters. The predicted molar refractivity (Wildman–Crippen MR) is 67.0 cm³/mol. The van der Waals surface area contributed by atoms with Crippen molar-refractivity contribution < 1.29 is 4.52 Å². The van der Waals surface area contributed by atoms with Crippen LogP contribution in [0.2, 0.25) is 0 Å². The molecule has 2 heterocycles. The molecule has 6 heteroatoms. The summed E-state index contributed by atoms with van der Waals surface area (Å²) in [6, 6.07) is 0.665. The molecule has 1 aromatic heterocycles. The van der Waals surface area contributed by atoms with Crippen molar-refractivity contribution in [2.45, 2.75) is 31.7 Å². The highest BCUT2D eigenvalue weighted by Gasteiger charge is 2.31. The average Bonchev–Trinajstić information content (AvgIpc) is 2.98. The summed E-state index contributed by atoms with van der Waals surface area (Å²) in [5.41, 5.74) is 0. The summed E-state index contributed by atoms with van der Waals surface area (Å²) >= 11 is 1.85. The van der Waals surface area contributed by atoms with E-state index in [2.05, 4.69) is 20.4 Å². The van der Waals surface area contributed by atoms with E-state index >= 15 is 0 Å². The van der Waals surface area contributed by atoms with E-state index < -0.39 is 0 Å². The fraction of sp³-hybridized carbons (Fsp3) is 0.727. The van der Waals surface area contributed by atoms with Crippen molar-refractivity contribution in [2.24, 2.45) is 10.9 Å². The number of nitrogens with zero attached hydrogens (tertiary/aromatic N) is 3. The molecule has 3 rings (SSSR count). The monoisotopic (exact) mass is 252 g/mol. The zero-order chi connectivity index (χ0) is 11.5. The van der Waals surface area contributed by atoms with Crippen LogP contribution in [0.5, 0.6) is 0 Å². The molecule has 5 nitrogen and oxygen atoms in total. The van der Waals surface area contributed by atoms with Gasteiger partial charge in [0.05, 0.1) is 6.54 Å². The van der Waals surface area contributed by atoms with E-state index in [1.807, 2.05) is 11.8 Å². The van der Waals surface area contributed by atoms with E-state index in [9.17, 15) is 0 Å². The van der Waals surface area contributed by atoms with E-state index in [-0.39, 0.29) is 0 Å². The van der Waals surface area contributed by atoms with Crippen LogP contribution in [0.15, 0.2) is 15.8 Å². The van der Waals surface area contributed by atoms with Crippen LogP contribution in [0.3, 0.4) is 0 Å². The molecule has 17 heavy (non-hydrogen) atoms. The van der Waals surface area contributed by atoms with Gasteiger partial charge in [-0.3, -0.25) is 4.99 Å². The number of hydrogen-bond donors (Lipinski definition) is 1. The first-order chi connectivity index (χ1) is 8.42. The Morgan fingerprint density at radius 2 is 2.53 bits per heavy atom. The number of thioether (sulfide) groups is 1. The molecule has 0 bridgehead atoms. The number of rotatable bonds is 3. The standard InChI is InChI=1S/C11H16N4OS/c1-2-8-6-17-11(15-9(8)3-1)12-5-4-10-13-7-14-16-10/h7-9H,1-6H2,(H,12,15). The maximum atomic E-state index is 4.93. The topological polar surface area (TPSA) is 63.3 Å². The average molecular weight is 252 g/mol. The molecule has 1 aliphatic heterocycles. The Morgan fingerprint density at radius 1 is 1.53 bits per heavy atom. The second-order valence-electron chi connectivity index (χ2n) is 4.52. The third-order valence-corrected chi connectivity index (χ3v) is 4.51. The molecule has 0 spiro atoms. The minimum absolute atomic E-state index is 0.661. The van der Waals surface area contributed by atoms with Gasteiger partial charge in [0.25, 0.3) is 0 Å². The summed E-state index contributed by atoms with van der Waals surface area (Å²) in [5.74, 6) is 2.74. The maximum absolute atomic E-state index is 4.93. The Hall–Kier alpha value is -1.04. The molecule has 0 aromatic carbocycles. The van der Waals surface area contributed by atoms with Gasteiger partial charge in [-0.2, -0.15) is 4.98 Å². The van der Waals surface area contributed by atoms with Gasteiger partial charge in [-0.1, -0.05) is 23.3 Å². The van der Waals surface area contributed by atoms with Gasteiger partial charge in [0.2, 0.25) is 5.89 Å². The molecule has 2 aliphatic rings. The van der Waals surface area contributed by atoms with Crippen LogP contribution in [0.1, 0.15) is 25.2 Å². The van der Waals surface area contributed by atoms with Gasteiger partial charge in [-0.25, -0.2) is 0 Å². The van der Waals surface area contributed by atoms with Gasteiger partial charge < -0.3 is 9.84 Å². The molecule has 1 saturated carbocycles. The molecule has 2 atom stereocenters. The first-order valence-electron chi connectivity index (χ1n) is 6.11. The van der Waals surface area contributed by atoms with Crippen molar-refractivity contribution in [1.82, 2.24) is 15.5 Å². The normalized spacial score (nSPS) is 30.2. The number of hydrogen-bond acceptors (Lipinski definition) is 5. The number of aliphatic imine (C=N–C) groups is 1. The van der Waals surface area contributed by atoms with Gasteiger partial charge in [-0.05, 0) is 18.8 Å². The van der Waals surface area contributed by atoms with Crippen molar-refractivity contribution in [1.29, 1.82) is 0 Å². The number of nitrogens with one attached hydrogen (secondary N) is 1. The number of aromatic nitrogens is 2. The Bertz CT molecular complexity index is 392. The van der Waals surface area contributed by atoms with Gasteiger partial charge >= 0.3 is 0 Å². The second-order valence-corrected chi connectivity index (χ2v) is 5.53. The SMILES string of the molecule is c1noc(CCN=C2NC3CCCC3CS2)n1. The van der Waals surface area contributed by atoms with Crippen molar-refractivity contribution in [2.75, 3.05) is 12.3 Å². The third kappa shape index (κ3) is 2.62. The van der Waals surface area contributed by atoms with Crippen LogP contribution in [-0.4, -0.2) is 33.6 Å². The first kappa shape index (κ1) is 11.1. The molecule has 0 radical (unpaired) electrons. The highest BCUT2D eigenvalue weighted by molar-refractivity contribution is 8.13. The van der Waals surface area contributed by atoms with E-state index in [0.29, 0.717) is 11.9 Å². The predicted octanol–water partition coefficient (Wildman–Crippen LogP) is 1.47. The van der Waals surface area contributed by atoms with Gasteiger partial charge in [0.15, 0.2) is 11.5 Å². The molecular formula is C11H16N4OS. The zero-order valence-corrected chi connectivity index (χ0v) is 10.4. The van der Waals surface area contributed by atoms with E-state index in [0.717, 1.165) is 24.1 Å². The smallest absolute Gasteiger partial charge is 0.228 e. The molecule has 1 N–H and O–H groups in total. The van der Waals surface area contributed by atoms with Gasteiger partial charge in [0, 0.05) is 18.2 Å². The quantitative estimate of drug-likeness (QED) is 0.882. The molecule has 92 valence electrons. The molecule has 1 saturated heterocycles. The van der Waals surface area contributed by atoms with Crippen LogP contribution < -0.4 is 5.32 Å². The van der Waals surface area contributed by atoms with Crippen molar-refractivity contribution in [3.63, 3.8) is 0 Å². The summed E-state index contributed by atoms with van der Waals surface area (Å²) in [6.07, 6.45) is 6.19. The minimum atomic E-state index is 0.661. The Balaban J connectivity index is 1.51. The zero-order valence-electron chi connectivity index (χ0n) is 9.63. The van der Waals surface area contributed by atoms with Crippen molar-refractivity contribution >= 4 is 16.9 Å². The van der Waals surface area contributed by atoms with Gasteiger partial charge in [-0.15, -0.1) is 0 Å². The lowest BCUT2D eigenvalue weighted by atomic mass is 10.1. The maximum Gasteiger partial charge on any atom is 0.228 e. The largest absolute Gasteiger partial charge is 0.362 e. The molecule has 1 aliphatic carbocycles. The molecular weight excluding hydrogens is 236 g/mol. The summed E-state index contributed by atoms with van der Waals surface area (Å²) in [4.78, 5) is 8.54. The number of amidine groups is 1. The second kappa shape index (κ2) is 5.08. The Labute approximate surface area is 104 Å². The first-order valence-corrected chi connectivity index (χ1v) is 7.10. The van der Waals surface area contributed by atoms with E-state index in [1.165, 1.54) is 31.3 Å². The van der Waals surface area contributed by atoms with E-state index in [4.69, 9.17) is 4.52 Å². The number of fused-ring (bicyclic) bond motifs is 1. The Kier molecular flexibility index (Phi) is 3.31. The van der Waals surface area contributed by atoms with Gasteiger partial charge in [0.1, 0.15) is 0 Å². The summed E-state index contributed by atoms with van der Waals surface area (Å²) in [7, 11) is 0. The highest BCUT2D eigenvalue weighted by atomic mass is 32.2. The molecule has 0 amide bonds. The van der Waals surface area contributed by atoms with E-state index in [1.54, 1.807) is 0 Å².